The number of carbonyl (C=O) groups is 1. The molecule has 0 N–H and O–H groups in total. The quantitative estimate of drug-likeness (QED) is 0.213. The van der Waals surface area contributed by atoms with Crippen molar-refractivity contribution >= 4 is 29.1 Å². The van der Waals surface area contributed by atoms with E-state index in [0.29, 0.717) is 33.8 Å². The minimum absolute atomic E-state index is 0.151. The number of nitrogens with zero attached hydrogens (tertiary/aromatic N) is 5. The van der Waals surface area contributed by atoms with E-state index in [1.165, 1.54) is 24.3 Å². The Bertz CT molecular complexity index is 1520. The lowest BCUT2D eigenvalue weighted by Gasteiger charge is -2.11. The van der Waals surface area contributed by atoms with E-state index in [-0.39, 0.29) is 17.3 Å². The average molecular weight is 479 g/mol. The van der Waals surface area contributed by atoms with Crippen molar-refractivity contribution in [1.82, 2.24) is 9.78 Å². The number of nitro benzene ring substituents is 1. The number of ether oxygens (including phenoxy) is 1. The molecule has 0 saturated carbocycles. The van der Waals surface area contributed by atoms with Crippen LogP contribution in [0.25, 0.3) is 23.0 Å². The van der Waals surface area contributed by atoms with E-state index >= 15 is 0 Å². The molecule has 1 aliphatic rings. The summed E-state index contributed by atoms with van der Waals surface area (Å²) in [6, 6.07) is 23.3. The second-order valence-electron chi connectivity index (χ2n) is 8.05. The maximum Gasteiger partial charge on any atom is 0.311 e. The first-order valence-corrected chi connectivity index (χ1v) is 11.1. The Morgan fingerprint density at radius 2 is 1.64 bits per heavy atom. The van der Waals surface area contributed by atoms with Gasteiger partial charge in [0, 0.05) is 23.4 Å². The number of aromatic nitrogens is 2. The van der Waals surface area contributed by atoms with Gasteiger partial charge in [-0.2, -0.15) is 15.2 Å². The number of carbonyl (C=O) groups excluding carboxylic acids is 1. The molecule has 0 bridgehead atoms. The molecule has 0 radical (unpaired) electrons. The number of anilines is 1. The van der Waals surface area contributed by atoms with E-state index in [1.807, 2.05) is 60.7 Å². The highest BCUT2D eigenvalue weighted by Crippen LogP contribution is 2.35. The fourth-order valence-electron chi connectivity index (χ4n) is 3.99. The van der Waals surface area contributed by atoms with Gasteiger partial charge in [-0.05, 0) is 49.4 Å². The van der Waals surface area contributed by atoms with Crippen molar-refractivity contribution in [1.29, 1.82) is 0 Å². The van der Waals surface area contributed by atoms with Gasteiger partial charge in [0.1, 0.15) is 5.69 Å². The van der Waals surface area contributed by atoms with Crippen LogP contribution in [0.3, 0.4) is 0 Å². The Kier molecular flexibility index (Phi) is 5.87. The normalized spacial score (nSPS) is 14.3. The first-order valence-electron chi connectivity index (χ1n) is 11.1. The van der Waals surface area contributed by atoms with Gasteiger partial charge in [0.05, 0.1) is 34.7 Å². The molecule has 0 spiro atoms. The predicted molar refractivity (Wildman–Crippen MR) is 137 cm³/mol. The zero-order valence-corrected chi connectivity index (χ0v) is 19.5. The molecule has 0 atom stereocenters. The van der Waals surface area contributed by atoms with E-state index in [2.05, 4.69) is 5.10 Å². The molecule has 4 aromatic rings. The summed E-state index contributed by atoms with van der Waals surface area (Å²) in [5.74, 6) is -0.114. The molecular formula is C27H21N5O4. The molecule has 0 saturated heterocycles. The van der Waals surface area contributed by atoms with Gasteiger partial charge in [-0.15, -0.1) is 0 Å². The van der Waals surface area contributed by atoms with Crippen LogP contribution in [0.15, 0.2) is 95.7 Å². The van der Waals surface area contributed by atoms with Crippen molar-refractivity contribution in [3.63, 3.8) is 0 Å². The number of nitro groups is 1. The minimum atomic E-state index is -0.496. The zero-order valence-electron chi connectivity index (χ0n) is 19.5. The smallest absolute Gasteiger partial charge is 0.311 e. The molecule has 1 aliphatic heterocycles. The SMILES string of the molecule is COc1ccc(-c2nn(-c3ccccc3)cc2/C=C2/C(=O)N(c3ccccc3)N=C2C)cc1[N+](=O)[O-]. The molecule has 9 nitrogen and oxygen atoms in total. The second kappa shape index (κ2) is 9.30. The van der Waals surface area contributed by atoms with Gasteiger partial charge in [0.15, 0.2) is 5.75 Å². The third-order valence-electron chi connectivity index (χ3n) is 5.78. The molecule has 1 aromatic heterocycles. The Morgan fingerprint density at radius 3 is 2.28 bits per heavy atom. The Labute approximate surface area is 206 Å². The van der Waals surface area contributed by atoms with Crippen LogP contribution in [0.4, 0.5) is 11.4 Å². The molecule has 9 heteroatoms. The van der Waals surface area contributed by atoms with Gasteiger partial charge in [0.25, 0.3) is 5.91 Å². The monoisotopic (exact) mass is 479 g/mol. The van der Waals surface area contributed by atoms with Gasteiger partial charge in [-0.3, -0.25) is 14.9 Å². The first-order chi connectivity index (χ1) is 17.5. The molecule has 178 valence electrons. The van der Waals surface area contributed by atoms with Crippen LogP contribution in [-0.2, 0) is 4.79 Å². The van der Waals surface area contributed by atoms with E-state index in [4.69, 9.17) is 9.84 Å². The van der Waals surface area contributed by atoms with Crippen molar-refractivity contribution in [2.45, 2.75) is 6.92 Å². The number of hydrogen-bond donors (Lipinski definition) is 0. The molecule has 0 fully saturated rings. The lowest BCUT2D eigenvalue weighted by atomic mass is 10.0. The van der Waals surface area contributed by atoms with Crippen molar-refractivity contribution in [2.75, 3.05) is 12.1 Å². The number of hydrazone groups is 1. The van der Waals surface area contributed by atoms with E-state index in [1.54, 1.807) is 29.9 Å². The number of amides is 1. The highest BCUT2D eigenvalue weighted by molar-refractivity contribution is 6.32. The third kappa shape index (κ3) is 4.14. The molecule has 5 rings (SSSR count). The van der Waals surface area contributed by atoms with Gasteiger partial charge < -0.3 is 4.74 Å². The van der Waals surface area contributed by atoms with Crippen LogP contribution in [-0.4, -0.2) is 33.4 Å². The summed E-state index contributed by atoms with van der Waals surface area (Å²) in [6.07, 6.45) is 3.52. The number of methoxy groups -OCH3 is 1. The van der Waals surface area contributed by atoms with Crippen LogP contribution in [0.5, 0.6) is 5.75 Å². The van der Waals surface area contributed by atoms with E-state index in [9.17, 15) is 14.9 Å². The van der Waals surface area contributed by atoms with Crippen molar-refractivity contribution < 1.29 is 14.5 Å². The van der Waals surface area contributed by atoms with E-state index < -0.39 is 4.92 Å². The Hall–Kier alpha value is -5.05. The summed E-state index contributed by atoms with van der Waals surface area (Å²) in [4.78, 5) is 24.4. The number of para-hydroxylation sites is 2. The number of benzene rings is 3. The maximum atomic E-state index is 13.3. The van der Waals surface area contributed by atoms with Crippen LogP contribution in [0.2, 0.25) is 0 Å². The molecule has 36 heavy (non-hydrogen) atoms. The first kappa shape index (κ1) is 22.7. The summed E-state index contributed by atoms with van der Waals surface area (Å²) in [5.41, 5.74) is 3.88. The lowest BCUT2D eigenvalue weighted by Crippen LogP contribution is -2.21. The summed E-state index contributed by atoms with van der Waals surface area (Å²) < 4.78 is 6.83. The Balaban J connectivity index is 1.64. The van der Waals surface area contributed by atoms with Gasteiger partial charge in [0.2, 0.25) is 0 Å². The third-order valence-corrected chi connectivity index (χ3v) is 5.78. The van der Waals surface area contributed by atoms with Gasteiger partial charge >= 0.3 is 5.69 Å². The molecule has 2 heterocycles. The van der Waals surface area contributed by atoms with Gasteiger partial charge in [-0.25, -0.2) is 4.68 Å². The number of rotatable bonds is 6. The molecule has 3 aromatic carbocycles. The highest BCUT2D eigenvalue weighted by Gasteiger charge is 2.29. The van der Waals surface area contributed by atoms with Crippen LogP contribution < -0.4 is 9.75 Å². The minimum Gasteiger partial charge on any atom is -0.490 e. The maximum absolute atomic E-state index is 13.3. The summed E-state index contributed by atoms with van der Waals surface area (Å²) in [6.45, 7) is 1.77. The van der Waals surface area contributed by atoms with Crippen LogP contribution in [0.1, 0.15) is 12.5 Å². The molecular weight excluding hydrogens is 458 g/mol. The lowest BCUT2D eigenvalue weighted by molar-refractivity contribution is -0.385. The Morgan fingerprint density at radius 1 is 0.972 bits per heavy atom. The van der Waals surface area contributed by atoms with Crippen molar-refractivity contribution in [3.8, 4) is 22.7 Å². The summed E-state index contributed by atoms with van der Waals surface area (Å²) >= 11 is 0. The standard InChI is InChI=1S/C27H21N5O4/c1-18-23(27(33)31(28-18)22-11-7-4-8-12-22)15-20-17-30(21-9-5-3-6-10-21)29-26(20)19-13-14-25(36-2)24(16-19)32(34)35/h3-17H,1-2H3/b23-15+. The average Bonchev–Trinajstić information content (AvgIpc) is 3.46. The summed E-state index contributed by atoms with van der Waals surface area (Å²) in [7, 11) is 1.38. The van der Waals surface area contributed by atoms with Crippen LogP contribution >= 0.6 is 0 Å². The largest absolute Gasteiger partial charge is 0.490 e. The predicted octanol–water partition coefficient (Wildman–Crippen LogP) is 5.26. The van der Waals surface area contributed by atoms with E-state index in [0.717, 1.165) is 5.69 Å². The summed E-state index contributed by atoms with van der Waals surface area (Å²) in [5, 5.41) is 22.2. The topological polar surface area (TPSA) is 103 Å². The second-order valence-corrected chi connectivity index (χ2v) is 8.05. The fourth-order valence-corrected chi connectivity index (χ4v) is 3.99. The number of hydrogen-bond acceptors (Lipinski definition) is 6. The highest BCUT2D eigenvalue weighted by atomic mass is 16.6. The van der Waals surface area contributed by atoms with Crippen molar-refractivity contribution in [3.05, 3.63) is 106 Å². The van der Waals surface area contributed by atoms with Crippen molar-refractivity contribution in [2.24, 2.45) is 5.10 Å². The molecule has 0 unspecified atom stereocenters. The van der Waals surface area contributed by atoms with Gasteiger partial charge in [-0.1, -0.05) is 36.4 Å². The van der Waals surface area contributed by atoms with Crippen LogP contribution in [0, 0.1) is 10.1 Å². The zero-order chi connectivity index (χ0) is 25.2. The fraction of sp³-hybridized carbons (Fsp3) is 0.0741. The molecule has 0 aliphatic carbocycles. The molecule has 1 amide bonds.